The Hall–Kier alpha value is -1.83. The molecule has 1 aromatic heterocycles. The van der Waals surface area contributed by atoms with Crippen LogP contribution >= 0.6 is 11.5 Å². The lowest BCUT2D eigenvalue weighted by Gasteiger charge is -2.36. The van der Waals surface area contributed by atoms with Gasteiger partial charge in [-0.25, -0.2) is 0 Å². The van der Waals surface area contributed by atoms with Crippen molar-refractivity contribution in [3.8, 4) is 0 Å². The minimum absolute atomic E-state index is 0.134. The molecule has 23 heavy (non-hydrogen) atoms. The van der Waals surface area contributed by atoms with Crippen molar-refractivity contribution in [3.63, 3.8) is 0 Å². The summed E-state index contributed by atoms with van der Waals surface area (Å²) in [6.45, 7) is 4.06. The molecular weight excluding hydrogens is 312 g/mol. The van der Waals surface area contributed by atoms with Crippen LogP contribution in [0, 0.1) is 6.92 Å². The number of β-amino-alcohol motifs (C(OH)–C–C–N with tert-alkyl or cyclic N) is 1. The normalized spacial score (nSPS) is 22.0. The predicted molar refractivity (Wildman–Crippen MR) is 88.2 cm³/mol. The maximum atomic E-state index is 12.2. The molecule has 122 valence electrons. The van der Waals surface area contributed by atoms with Gasteiger partial charge in [0.1, 0.15) is 0 Å². The summed E-state index contributed by atoms with van der Waals surface area (Å²) in [6, 6.07) is 8.88. The van der Waals surface area contributed by atoms with E-state index in [0.29, 0.717) is 12.1 Å². The van der Waals surface area contributed by atoms with Gasteiger partial charge in [-0.1, -0.05) is 22.7 Å². The number of nitrogens with one attached hydrogen (secondary N) is 1. The molecule has 0 radical (unpaired) electrons. The molecule has 0 aliphatic carbocycles. The van der Waals surface area contributed by atoms with Crippen LogP contribution in [-0.2, 0) is 6.54 Å². The van der Waals surface area contributed by atoms with Gasteiger partial charge in [-0.2, -0.15) is 0 Å². The molecule has 0 unspecified atom stereocenters. The van der Waals surface area contributed by atoms with Crippen molar-refractivity contribution in [2.45, 2.75) is 32.0 Å². The summed E-state index contributed by atoms with van der Waals surface area (Å²) in [5.41, 5.74) is 1.57. The Balaban J connectivity index is 1.54. The molecule has 0 spiro atoms. The summed E-state index contributed by atoms with van der Waals surface area (Å²) in [4.78, 5) is 15.5. The van der Waals surface area contributed by atoms with Crippen molar-refractivity contribution < 1.29 is 9.90 Å². The van der Waals surface area contributed by atoms with Crippen molar-refractivity contribution in [3.05, 3.63) is 46.5 Å². The summed E-state index contributed by atoms with van der Waals surface area (Å²) >= 11 is 1.40. The topological polar surface area (TPSA) is 78.4 Å². The highest BCUT2D eigenvalue weighted by Crippen LogP contribution is 2.18. The molecule has 3 rings (SSSR count). The number of carbonyl (C=O) groups is 1. The van der Waals surface area contributed by atoms with E-state index in [4.69, 9.17) is 0 Å². The molecule has 2 heterocycles. The number of piperidine rings is 1. The van der Waals surface area contributed by atoms with E-state index < -0.39 is 6.10 Å². The molecule has 1 aliphatic heterocycles. The van der Waals surface area contributed by atoms with Crippen molar-refractivity contribution in [2.24, 2.45) is 0 Å². The van der Waals surface area contributed by atoms with Gasteiger partial charge in [0.05, 0.1) is 22.7 Å². The lowest BCUT2D eigenvalue weighted by atomic mass is 10.0. The van der Waals surface area contributed by atoms with Gasteiger partial charge < -0.3 is 10.4 Å². The number of hydrogen-bond donors (Lipinski definition) is 2. The molecule has 0 saturated carbocycles. The number of carbonyl (C=O) groups excluding carboxylic acids is 1. The fraction of sp³-hybridized carbons (Fsp3) is 0.438. The molecule has 1 aromatic carbocycles. The number of amides is 1. The van der Waals surface area contributed by atoms with Crippen LogP contribution in [0.3, 0.4) is 0 Å². The second-order valence-electron chi connectivity index (χ2n) is 5.82. The van der Waals surface area contributed by atoms with Gasteiger partial charge in [-0.3, -0.25) is 9.69 Å². The molecule has 1 amide bonds. The standard InChI is InChI=1S/C16H20N4O2S/c1-11-15(23-19-18-11)10-20-8-7-13(14(21)9-20)17-16(22)12-5-3-2-4-6-12/h2-6,13-14,21H,7-10H2,1H3,(H,17,22)/t13-,14-/m0/s1. The number of likely N-dealkylation sites (tertiary alicyclic amines) is 1. The van der Waals surface area contributed by atoms with Crippen LogP contribution < -0.4 is 5.32 Å². The second kappa shape index (κ2) is 7.16. The SMILES string of the molecule is Cc1nnsc1CN1CC[C@H](NC(=O)c2ccccc2)[C@@H](O)C1. The Bertz CT molecular complexity index is 661. The minimum atomic E-state index is -0.572. The zero-order valence-electron chi connectivity index (χ0n) is 13.0. The molecule has 1 aliphatic rings. The number of benzene rings is 1. The summed E-state index contributed by atoms with van der Waals surface area (Å²) in [6.07, 6.45) is 0.156. The fourth-order valence-electron chi connectivity index (χ4n) is 2.75. The first-order chi connectivity index (χ1) is 11.1. The highest BCUT2D eigenvalue weighted by Gasteiger charge is 2.29. The van der Waals surface area contributed by atoms with Gasteiger partial charge in [0.2, 0.25) is 0 Å². The van der Waals surface area contributed by atoms with Gasteiger partial charge in [0, 0.05) is 25.2 Å². The molecule has 2 atom stereocenters. The average molecular weight is 332 g/mol. The number of nitrogens with zero attached hydrogens (tertiary/aromatic N) is 3. The summed E-state index contributed by atoms with van der Waals surface area (Å²) in [5.74, 6) is -0.134. The van der Waals surface area contributed by atoms with Gasteiger partial charge in [0.25, 0.3) is 5.91 Å². The first-order valence-corrected chi connectivity index (χ1v) is 8.45. The molecule has 0 bridgehead atoms. The van der Waals surface area contributed by atoms with Crippen molar-refractivity contribution >= 4 is 17.4 Å². The fourth-order valence-corrected chi connectivity index (χ4v) is 3.42. The number of aromatic nitrogens is 2. The van der Waals surface area contributed by atoms with E-state index in [1.807, 2.05) is 25.1 Å². The maximum Gasteiger partial charge on any atom is 0.251 e. The Labute approximate surface area is 139 Å². The van der Waals surface area contributed by atoms with Crippen molar-refractivity contribution in [2.75, 3.05) is 13.1 Å². The van der Waals surface area contributed by atoms with Crippen LogP contribution in [0.5, 0.6) is 0 Å². The van der Waals surface area contributed by atoms with Gasteiger partial charge in [0.15, 0.2) is 0 Å². The van der Waals surface area contributed by atoms with Crippen molar-refractivity contribution in [1.29, 1.82) is 0 Å². The number of aryl methyl sites for hydroxylation is 1. The van der Waals surface area contributed by atoms with Gasteiger partial charge >= 0.3 is 0 Å². The summed E-state index contributed by atoms with van der Waals surface area (Å²) in [7, 11) is 0. The van der Waals surface area contributed by atoms with Crippen LogP contribution in [0.15, 0.2) is 30.3 Å². The average Bonchev–Trinajstić information content (AvgIpc) is 2.96. The maximum absolute atomic E-state index is 12.2. The quantitative estimate of drug-likeness (QED) is 0.880. The van der Waals surface area contributed by atoms with E-state index >= 15 is 0 Å². The molecule has 2 N–H and O–H groups in total. The Morgan fingerprint density at radius 3 is 2.87 bits per heavy atom. The molecule has 2 aromatic rings. The Morgan fingerprint density at radius 1 is 1.43 bits per heavy atom. The summed E-state index contributed by atoms with van der Waals surface area (Å²) < 4.78 is 3.94. The third-order valence-electron chi connectivity index (χ3n) is 4.13. The van der Waals surface area contributed by atoms with E-state index in [1.54, 1.807) is 12.1 Å². The van der Waals surface area contributed by atoms with Gasteiger partial charge in [-0.05, 0) is 37.0 Å². The van der Waals surface area contributed by atoms with E-state index in [0.717, 1.165) is 30.1 Å². The first kappa shape index (κ1) is 16.0. The molecular formula is C16H20N4O2S. The Morgan fingerprint density at radius 2 is 2.22 bits per heavy atom. The highest BCUT2D eigenvalue weighted by atomic mass is 32.1. The first-order valence-electron chi connectivity index (χ1n) is 7.67. The Kier molecular flexibility index (Phi) is 5.00. The number of hydrogen-bond acceptors (Lipinski definition) is 6. The van der Waals surface area contributed by atoms with Crippen LogP contribution in [0.25, 0.3) is 0 Å². The predicted octanol–water partition coefficient (Wildman–Crippen LogP) is 1.21. The third-order valence-corrected chi connectivity index (χ3v) is 4.94. The minimum Gasteiger partial charge on any atom is -0.390 e. The lowest BCUT2D eigenvalue weighted by Crippen LogP contribution is -2.53. The zero-order valence-corrected chi connectivity index (χ0v) is 13.8. The third kappa shape index (κ3) is 3.93. The second-order valence-corrected chi connectivity index (χ2v) is 6.66. The van der Waals surface area contributed by atoms with E-state index in [1.165, 1.54) is 11.5 Å². The smallest absolute Gasteiger partial charge is 0.251 e. The van der Waals surface area contributed by atoms with E-state index in [9.17, 15) is 9.90 Å². The monoisotopic (exact) mass is 332 g/mol. The van der Waals surface area contributed by atoms with Crippen LogP contribution in [0.1, 0.15) is 27.3 Å². The van der Waals surface area contributed by atoms with Crippen molar-refractivity contribution in [1.82, 2.24) is 19.8 Å². The molecule has 1 saturated heterocycles. The molecule has 1 fully saturated rings. The number of aliphatic hydroxyl groups is 1. The number of aliphatic hydroxyl groups excluding tert-OH is 1. The van der Waals surface area contributed by atoms with Gasteiger partial charge in [-0.15, -0.1) is 5.10 Å². The number of rotatable bonds is 4. The largest absolute Gasteiger partial charge is 0.390 e. The highest BCUT2D eigenvalue weighted by molar-refractivity contribution is 7.05. The summed E-state index contributed by atoms with van der Waals surface area (Å²) in [5, 5.41) is 17.3. The molecule has 6 nitrogen and oxygen atoms in total. The lowest BCUT2D eigenvalue weighted by molar-refractivity contribution is 0.0352. The van der Waals surface area contributed by atoms with E-state index in [-0.39, 0.29) is 11.9 Å². The molecule has 7 heteroatoms. The van der Waals surface area contributed by atoms with Crippen LogP contribution in [0.4, 0.5) is 0 Å². The van der Waals surface area contributed by atoms with E-state index in [2.05, 4.69) is 19.8 Å². The zero-order chi connectivity index (χ0) is 16.2. The van der Waals surface area contributed by atoms with Crippen LogP contribution in [0.2, 0.25) is 0 Å². The van der Waals surface area contributed by atoms with Crippen LogP contribution in [-0.4, -0.2) is 50.7 Å².